The van der Waals surface area contributed by atoms with Crippen LogP contribution in [0.3, 0.4) is 0 Å². The third-order valence-corrected chi connectivity index (χ3v) is 6.22. The Bertz CT molecular complexity index is 1240. The van der Waals surface area contributed by atoms with Gasteiger partial charge in [-0.15, -0.1) is 0 Å². The van der Waals surface area contributed by atoms with Gasteiger partial charge in [0.2, 0.25) is 18.6 Å². The van der Waals surface area contributed by atoms with Gasteiger partial charge in [0.05, 0.1) is 12.6 Å². The summed E-state index contributed by atoms with van der Waals surface area (Å²) >= 11 is 0. The lowest BCUT2D eigenvalue weighted by atomic mass is 9.86. The molecule has 2 atom stereocenters. The first kappa shape index (κ1) is 17.3. The molecular weight excluding hydrogens is 389 g/mol. The van der Waals surface area contributed by atoms with Crippen molar-refractivity contribution in [3.05, 3.63) is 59.0 Å². The van der Waals surface area contributed by atoms with Crippen molar-refractivity contribution in [1.29, 1.82) is 0 Å². The zero-order valence-corrected chi connectivity index (χ0v) is 16.1. The molecule has 3 aliphatic rings. The minimum Gasteiger partial charge on any atom is -0.454 e. The van der Waals surface area contributed by atoms with E-state index in [1.807, 2.05) is 18.2 Å². The monoisotopic (exact) mass is 407 g/mol. The number of ether oxygens (including phenoxy) is 2. The topological polar surface area (TPSA) is 74.9 Å². The number of carbonyl (C=O) groups excluding carboxylic acids is 2. The summed E-state index contributed by atoms with van der Waals surface area (Å²) in [4.78, 5) is 32.6. The Balaban J connectivity index is 1.60. The van der Waals surface area contributed by atoms with Crippen LogP contribution in [0.1, 0.15) is 22.9 Å². The Hall–Kier alpha value is -3.55. The standard InChI is InChI=1S/C22H18FN3O4/c1-25-9-19(27)26-16(22(25)28)8-14-13-7-12(23)3-4-15(13)24-20(14)21(26)11-2-5-17-18(6-11)30-10-29-17/h2-7,16,21,24H,8-10H2,1H3. The second-order valence-corrected chi connectivity index (χ2v) is 7.94. The first-order valence-corrected chi connectivity index (χ1v) is 9.77. The molecule has 2 unspecified atom stereocenters. The van der Waals surface area contributed by atoms with E-state index in [0.29, 0.717) is 17.9 Å². The molecule has 1 fully saturated rings. The van der Waals surface area contributed by atoms with Crippen LogP contribution in [0.5, 0.6) is 11.5 Å². The van der Waals surface area contributed by atoms with E-state index in [9.17, 15) is 14.0 Å². The van der Waals surface area contributed by atoms with Gasteiger partial charge in [0, 0.05) is 30.1 Å². The molecule has 7 nitrogen and oxygen atoms in total. The molecular formula is C22H18FN3O4. The van der Waals surface area contributed by atoms with Crippen LogP contribution in [0.2, 0.25) is 0 Å². The van der Waals surface area contributed by atoms with Crippen LogP contribution in [0.25, 0.3) is 10.9 Å². The Morgan fingerprint density at radius 1 is 1.10 bits per heavy atom. The van der Waals surface area contributed by atoms with E-state index >= 15 is 0 Å². The second kappa shape index (κ2) is 5.98. The molecule has 0 saturated carbocycles. The maximum Gasteiger partial charge on any atom is 0.245 e. The molecule has 4 heterocycles. The largest absolute Gasteiger partial charge is 0.454 e. The van der Waals surface area contributed by atoms with Crippen LogP contribution in [0, 0.1) is 5.82 Å². The second-order valence-electron chi connectivity index (χ2n) is 7.94. The minimum atomic E-state index is -0.638. The number of piperazine rings is 1. The number of fused-ring (bicyclic) bond motifs is 5. The normalized spacial score (nSPS) is 22.5. The van der Waals surface area contributed by atoms with Crippen molar-refractivity contribution in [2.45, 2.75) is 18.5 Å². The van der Waals surface area contributed by atoms with E-state index < -0.39 is 12.1 Å². The molecule has 1 N–H and O–H groups in total. The molecule has 30 heavy (non-hydrogen) atoms. The number of carbonyl (C=O) groups is 2. The Morgan fingerprint density at radius 3 is 2.80 bits per heavy atom. The molecule has 1 aromatic heterocycles. The van der Waals surface area contributed by atoms with Gasteiger partial charge in [-0.25, -0.2) is 4.39 Å². The minimum absolute atomic E-state index is 0.0283. The van der Waals surface area contributed by atoms with Crippen LogP contribution in [0.15, 0.2) is 36.4 Å². The number of amides is 2. The number of nitrogens with one attached hydrogen (secondary N) is 1. The van der Waals surface area contributed by atoms with Crippen molar-refractivity contribution >= 4 is 22.7 Å². The quantitative estimate of drug-likeness (QED) is 0.672. The fourth-order valence-corrected chi connectivity index (χ4v) is 4.86. The van der Waals surface area contributed by atoms with Crippen molar-refractivity contribution in [2.24, 2.45) is 0 Å². The Kier molecular flexibility index (Phi) is 3.45. The molecule has 0 aliphatic carbocycles. The van der Waals surface area contributed by atoms with Crippen molar-refractivity contribution in [3.63, 3.8) is 0 Å². The van der Waals surface area contributed by atoms with Crippen LogP contribution in [-0.4, -0.2) is 53.0 Å². The molecule has 1 saturated heterocycles. The summed E-state index contributed by atoms with van der Waals surface area (Å²) in [5, 5.41) is 0.740. The SMILES string of the molecule is CN1CC(=O)N2C(Cc3c([nH]c4ccc(F)cc34)C2c2ccc3c(c2)OCO3)C1=O. The lowest BCUT2D eigenvalue weighted by Crippen LogP contribution is -2.62. The summed E-state index contributed by atoms with van der Waals surface area (Å²) in [5.41, 5.74) is 3.25. The molecule has 152 valence electrons. The summed E-state index contributed by atoms with van der Waals surface area (Å²) in [6.07, 6.45) is 0.342. The van der Waals surface area contributed by atoms with Crippen LogP contribution >= 0.6 is 0 Å². The summed E-state index contributed by atoms with van der Waals surface area (Å²) < 4.78 is 25.0. The molecule has 0 spiro atoms. The lowest BCUT2D eigenvalue weighted by Gasteiger charge is -2.46. The Labute approximate surface area is 171 Å². The number of aromatic nitrogens is 1. The third kappa shape index (κ3) is 2.30. The van der Waals surface area contributed by atoms with Crippen molar-refractivity contribution in [1.82, 2.24) is 14.8 Å². The number of H-pyrrole nitrogens is 1. The third-order valence-electron chi connectivity index (χ3n) is 6.22. The zero-order chi connectivity index (χ0) is 20.6. The summed E-state index contributed by atoms with van der Waals surface area (Å²) in [7, 11) is 1.64. The number of benzene rings is 2. The van der Waals surface area contributed by atoms with Gasteiger partial charge in [0.15, 0.2) is 11.5 Å². The van der Waals surface area contributed by atoms with E-state index in [1.165, 1.54) is 17.0 Å². The van der Waals surface area contributed by atoms with E-state index in [0.717, 1.165) is 27.7 Å². The average Bonchev–Trinajstić information content (AvgIpc) is 3.34. The van der Waals surface area contributed by atoms with Gasteiger partial charge < -0.3 is 24.3 Å². The van der Waals surface area contributed by atoms with Crippen molar-refractivity contribution < 1.29 is 23.5 Å². The number of hydrogen-bond donors (Lipinski definition) is 1. The maximum absolute atomic E-state index is 14.0. The van der Waals surface area contributed by atoms with Crippen LogP contribution in [0.4, 0.5) is 4.39 Å². The molecule has 2 aromatic carbocycles. The summed E-state index contributed by atoms with van der Waals surface area (Å²) in [6, 6.07) is 8.97. The number of hydrogen-bond acceptors (Lipinski definition) is 4. The van der Waals surface area contributed by atoms with Crippen molar-refractivity contribution in [3.8, 4) is 11.5 Å². The van der Waals surface area contributed by atoms with Gasteiger partial charge >= 0.3 is 0 Å². The fraction of sp³-hybridized carbons (Fsp3) is 0.273. The van der Waals surface area contributed by atoms with Gasteiger partial charge in [-0.3, -0.25) is 9.59 Å². The number of aromatic amines is 1. The lowest BCUT2D eigenvalue weighted by molar-refractivity contribution is -0.157. The van der Waals surface area contributed by atoms with Gasteiger partial charge in [0.25, 0.3) is 0 Å². The van der Waals surface area contributed by atoms with Gasteiger partial charge in [-0.1, -0.05) is 6.07 Å². The van der Waals surface area contributed by atoms with E-state index in [1.54, 1.807) is 18.0 Å². The van der Waals surface area contributed by atoms with Gasteiger partial charge in [-0.2, -0.15) is 0 Å². The zero-order valence-electron chi connectivity index (χ0n) is 16.1. The average molecular weight is 407 g/mol. The van der Waals surface area contributed by atoms with E-state index in [2.05, 4.69) is 4.98 Å². The first-order valence-electron chi connectivity index (χ1n) is 9.77. The smallest absolute Gasteiger partial charge is 0.245 e. The van der Waals surface area contributed by atoms with Crippen LogP contribution in [-0.2, 0) is 16.0 Å². The number of nitrogens with zero attached hydrogens (tertiary/aromatic N) is 2. The highest BCUT2D eigenvalue weighted by Gasteiger charge is 2.47. The molecule has 2 amide bonds. The molecule has 0 radical (unpaired) electrons. The fourth-order valence-electron chi connectivity index (χ4n) is 4.86. The Morgan fingerprint density at radius 2 is 1.93 bits per heavy atom. The summed E-state index contributed by atoms with van der Waals surface area (Å²) in [5.74, 6) is 0.670. The highest BCUT2D eigenvalue weighted by molar-refractivity contribution is 5.97. The highest BCUT2D eigenvalue weighted by Crippen LogP contribution is 2.44. The number of likely N-dealkylation sites (N-methyl/N-ethyl adjacent to an activating group) is 1. The maximum atomic E-state index is 14.0. The highest BCUT2D eigenvalue weighted by atomic mass is 19.1. The van der Waals surface area contributed by atoms with E-state index in [-0.39, 0.29) is 31.0 Å². The predicted octanol–water partition coefficient (Wildman–Crippen LogP) is 2.35. The molecule has 3 aliphatic heterocycles. The van der Waals surface area contributed by atoms with Crippen molar-refractivity contribution in [2.75, 3.05) is 20.4 Å². The molecule has 6 rings (SSSR count). The number of rotatable bonds is 1. The molecule has 0 bridgehead atoms. The van der Waals surface area contributed by atoms with Crippen LogP contribution < -0.4 is 9.47 Å². The number of halogens is 1. The molecule has 3 aromatic rings. The van der Waals surface area contributed by atoms with Gasteiger partial charge in [-0.05, 0) is 41.5 Å². The van der Waals surface area contributed by atoms with Gasteiger partial charge in [0.1, 0.15) is 11.9 Å². The predicted molar refractivity (Wildman–Crippen MR) is 105 cm³/mol. The first-order chi connectivity index (χ1) is 14.5. The van der Waals surface area contributed by atoms with E-state index in [4.69, 9.17) is 9.47 Å². The molecule has 8 heteroatoms. The summed E-state index contributed by atoms with van der Waals surface area (Å²) in [6.45, 7) is 0.176.